The Kier molecular flexibility index (Phi) is 2.99. The molecule has 0 atom stereocenters. The minimum Gasteiger partial charge on any atom is -0.496 e. The largest absolute Gasteiger partial charge is 0.496 e. The highest BCUT2D eigenvalue weighted by Gasteiger charge is 2.03. The molecule has 0 spiro atoms. The molecule has 0 N–H and O–H groups in total. The van der Waals surface area contributed by atoms with Crippen molar-refractivity contribution in [2.45, 2.75) is 19.7 Å². The van der Waals surface area contributed by atoms with Crippen molar-refractivity contribution in [1.29, 1.82) is 0 Å². The molecule has 12 heavy (non-hydrogen) atoms. The molecule has 1 aromatic carbocycles. The van der Waals surface area contributed by atoms with Gasteiger partial charge in [0.1, 0.15) is 5.75 Å². The van der Waals surface area contributed by atoms with E-state index in [0.717, 1.165) is 11.3 Å². The monoisotopic (exact) mass is 184 g/mol. The first kappa shape index (κ1) is 9.40. The molecule has 1 nitrogen and oxygen atoms in total. The summed E-state index contributed by atoms with van der Waals surface area (Å²) >= 11 is 5.76. The summed E-state index contributed by atoms with van der Waals surface area (Å²) in [6.07, 6.45) is 0. The maximum Gasteiger partial charge on any atom is 0.123 e. The quantitative estimate of drug-likeness (QED) is 0.642. The average Bonchev–Trinajstić information content (AvgIpc) is 2.09. The van der Waals surface area contributed by atoms with E-state index in [1.54, 1.807) is 7.11 Å². The molecule has 0 unspecified atom stereocenters. The smallest absolute Gasteiger partial charge is 0.123 e. The van der Waals surface area contributed by atoms with Gasteiger partial charge in [0, 0.05) is 5.56 Å². The lowest BCUT2D eigenvalue weighted by molar-refractivity contribution is 0.411. The molecule has 1 rings (SSSR count). The third kappa shape index (κ3) is 1.72. The van der Waals surface area contributed by atoms with Gasteiger partial charge >= 0.3 is 0 Å². The van der Waals surface area contributed by atoms with Gasteiger partial charge in [0.25, 0.3) is 0 Å². The number of aryl methyl sites for hydroxylation is 2. The zero-order chi connectivity index (χ0) is 9.14. The van der Waals surface area contributed by atoms with E-state index in [0.29, 0.717) is 5.88 Å². The van der Waals surface area contributed by atoms with E-state index in [-0.39, 0.29) is 0 Å². The SMILES string of the molecule is COc1cc(C)c(C)cc1CCl. The van der Waals surface area contributed by atoms with E-state index in [4.69, 9.17) is 16.3 Å². The Hall–Kier alpha value is -0.690. The zero-order valence-corrected chi connectivity index (χ0v) is 8.40. The van der Waals surface area contributed by atoms with Crippen molar-refractivity contribution in [3.63, 3.8) is 0 Å². The summed E-state index contributed by atoms with van der Waals surface area (Å²) in [5.74, 6) is 1.39. The molecule has 1 aromatic rings. The number of rotatable bonds is 2. The van der Waals surface area contributed by atoms with Crippen molar-refractivity contribution in [2.75, 3.05) is 7.11 Å². The minimum atomic E-state index is 0.504. The fraction of sp³-hybridized carbons (Fsp3) is 0.400. The number of ether oxygens (including phenoxy) is 1. The van der Waals surface area contributed by atoms with Crippen molar-refractivity contribution >= 4 is 11.6 Å². The van der Waals surface area contributed by atoms with Crippen LogP contribution in [0.2, 0.25) is 0 Å². The first-order valence-electron chi connectivity index (χ1n) is 3.89. The Labute approximate surface area is 78.3 Å². The van der Waals surface area contributed by atoms with Gasteiger partial charge in [-0.1, -0.05) is 6.07 Å². The van der Waals surface area contributed by atoms with Crippen LogP contribution in [0.5, 0.6) is 5.75 Å². The van der Waals surface area contributed by atoms with Crippen LogP contribution in [0, 0.1) is 13.8 Å². The number of alkyl halides is 1. The number of hydrogen-bond acceptors (Lipinski definition) is 1. The standard InChI is InChI=1S/C10H13ClO/c1-7-4-9(6-11)10(12-3)5-8(7)2/h4-5H,6H2,1-3H3. The lowest BCUT2D eigenvalue weighted by Gasteiger charge is -2.08. The molecule has 0 fully saturated rings. The highest BCUT2D eigenvalue weighted by molar-refractivity contribution is 6.17. The number of hydrogen-bond donors (Lipinski definition) is 0. The third-order valence-corrected chi connectivity index (χ3v) is 2.33. The summed E-state index contributed by atoms with van der Waals surface area (Å²) < 4.78 is 5.19. The maximum atomic E-state index is 5.76. The molecule has 0 aromatic heterocycles. The van der Waals surface area contributed by atoms with Gasteiger partial charge < -0.3 is 4.74 Å². The van der Waals surface area contributed by atoms with E-state index in [1.807, 2.05) is 6.07 Å². The van der Waals surface area contributed by atoms with Gasteiger partial charge in [-0.3, -0.25) is 0 Å². The molecule has 0 aliphatic heterocycles. The van der Waals surface area contributed by atoms with Gasteiger partial charge in [0.2, 0.25) is 0 Å². The summed E-state index contributed by atoms with van der Waals surface area (Å²) in [7, 11) is 1.67. The summed E-state index contributed by atoms with van der Waals surface area (Å²) in [6.45, 7) is 4.14. The molecule has 0 radical (unpaired) electrons. The van der Waals surface area contributed by atoms with Crippen LogP contribution in [0.15, 0.2) is 12.1 Å². The van der Waals surface area contributed by atoms with Gasteiger partial charge in [-0.2, -0.15) is 0 Å². The Morgan fingerprint density at radius 2 is 1.83 bits per heavy atom. The highest BCUT2D eigenvalue weighted by atomic mass is 35.5. The summed E-state index contributed by atoms with van der Waals surface area (Å²) in [6, 6.07) is 4.09. The van der Waals surface area contributed by atoms with Gasteiger partial charge in [-0.05, 0) is 31.0 Å². The van der Waals surface area contributed by atoms with Gasteiger partial charge in [-0.15, -0.1) is 11.6 Å². The molecule has 0 amide bonds. The lowest BCUT2D eigenvalue weighted by Crippen LogP contribution is -1.92. The van der Waals surface area contributed by atoms with Crippen LogP contribution in [0.3, 0.4) is 0 Å². The molecule has 0 bridgehead atoms. The molecule has 66 valence electrons. The molecular weight excluding hydrogens is 172 g/mol. The van der Waals surface area contributed by atoms with Crippen LogP contribution < -0.4 is 4.74 Å². The molecule has 2 heteroatoms. The highest BCUT2D eigenvalue weighted by Crippen LogP contribution is 2.24. The van der Waals surface area contributed by atoms with E-state index in [2.05, 4.69) is 19.9 Å². The van der Waals surface area contributed by atoms with Crippen LogP contribution in [0.1, 0.15) is 16.7 Å². The minimum absolute atomic E-state index is 0.504. The number of benzene rings is 1. The first-order valence-corrected chi connectivity index (χ1v) is 4.42. The van der Waals surface area contributed by atoms with E-state index >= 15 is 0 Å². The maximum absolute atomic E-state index is 5.76. The number of halogens is 1. The van der Waals surface area contributed by atoms with Crippen molar-refractivity contribution in [3.8, 4) is 5.75 Å². The molecule has 0 aliphatic carbocycles. The molecular formula is C10H13ClO. The first-order chi connectivity index (χ1) is 5.69. The normalized spacial score (nSPS) is 10.0. The van der Waals surface area contributed by atoms with E-state index in [1.165, 1.54) is 11.1 Å². The topological polar surface area (TPSA) is 9.23 Å². The third-order valence-electron chi connectivity index (χ3n) is 2.04. The molecule has 0 aliphatic rings. The molecule has 0 saturated carbocycles. The van der Waals surface area contributed by atoms with Crippen LogP contribution in [0.4, 0.5) is 0 Å². The molecule has 0 saturated heterocycles. The summed E-state index contributed by atoms with van der Waals surface area (Å²) in [4.78, 5) is 0. The number of methoxy groups -OCH3 is 1. The van der Waals surface area contributed by atoms with Crippen molar-refractivity contribution in [3.05, 3.63) is 28.8 Å². The Morgan fingerprint density at radius 3 is 2.33 bits per heavy atom. The predicted octanol–water partition coefficient (Wildman–Crippen LogP) is 3.05. The summed E-state index contributed by atoms with van der Waals surface area (Å²) in [5.41, 5.74) is 3.55. The lowest BCUT2D eigenvalue weighted by atomic mass is 10.1. The van der Waals surface area contributed by atoms with Gasteiger partial charge in [0.05, 0.1) is 13.0 Å². The predicted molar refractivity (Wildman–Crippen MR) is 52.0 cm³/mol. The Balaban J connectivity index is 3.19. The van der Waals surface area contributed by atoms with Crippen molar-refractivity contribution in [2.24, 2.45) is 0 Å². The fourth-order valence-corrected chi connectivity index (χ4v) is 1.35. The zero-order valence-electron chi connectivity index (χ0n) is 7.65. The van der Waals surface area contributed by atoms with Crippen LogP contribution >= 0.6 is 11.6 Å². The van der Waals surface area contributed by atoms with Crippen LogP contribution in [-0.2, 0) is 5.88 Å². The summed E-state index contributed by atoms with van der Waals surface area (Å²) in [5, 5.41) is 0. The second-order valence-corrected chi connectivity index (χ2v) is 3.15. The van der Waals surface area contributed by atoms with Gasteiger partial charge in [-0.25, -0.2) is 0 Å². The average molecular weight is 185 g/mol. The van der Waals surface area contributed by atoms with E-state index in [9.17, 15) is 0 Å². The second-order valence-electron chi connectivity index (χ2n) is 2.88. The Bertz CT molecular complexity index is 252. The fourth-order valence-electron chi connectivity index (χ4n) is 1.14. The van der Waals surface area contributed by atoms with Crippen LogP contribution in [0.25, 0.3) is 0 Å². The molecule has 0 heterocycles. The second kappa shape index (κ2) is 3.81. The van der Waals surface area contributed by atoms with Gasteiger partial charge in [0.15, 0.2) is 0 Å². The van der Waals surface area contributed by atoms with E-state index < -0.39 is 0 Å². The Morgan fingerprint density at radius 1 is 1.25 bits per heavy atom. The van der Waals surface area contributed by atoms with Crippen molar-refractivity contribution in [1.82, 2.24) is 0 Å². The van der Waals surface area contributed by atoms with Crippen molar-refractivity contribution < 1.29 is 4.74 Å². The van der Waals surface area contributed by atoms with Crippen LogP contribution in [-0.4, -0.2) is 7.11 Å².